The lowest BCUT2D eigenvalue weighted by atomic mass is 10.1. The molecule has 162 valence electrons. The molecule has 0 unspecified atom stereocenters. The fourth-order valence-electron chi connectivity index (χ4n) is 4.65. The van der Waals surface area contributed by atoms with Crippen LogP contribution in [0.4, 0.5) is 5.82 Å². The van der Waals surface area contributed by atoms with E-state index in [1.165, 1.54) is 22.2 Å². The van der Waals surface area contributed by atoms with Crippen molar-refractivity contribution in [3.05, 3.63) is 40.0 Å². The van der Waals surface area contributed by atoms with Crippen molar-refractivity contribution in [2.75, 3.05) is 38.4 Å². The van der Waals surface area contributed by atoms with Crippen molar-refractivity contribution in [1.29, 1.82) is 0 Å². The van der Waals surface area contributed by atoms with E-state index in [1.807, 2.05) is 17.4 Å². The molecule has 1 saturated heterocycles. The molecule has 1 N–H and O–H groups in total. The SMILES string of the molecule is C[C@@H](Nc1nc(CN2CCOCC2)nc2sc3c(c12)CCC3)c1ccc2c(c1)OCO2. The molecule has 0 amide bonds. The Morgan fingerprint density at radius 3 is 2.90 bits per heavy atom. The maximum Gasteiger partial charge on any atom is 0.231 e. The highest BCUT2D eigenvalue weighted by atomic mass is 32.1. The van der Waals surface area contributed by atoms with Gasteiger partial charge in [-0.2, -0.15) is 0 Å². The third-order valence-corrected chi connectivity index (χ3v) is 7.52. The minimum atomic E-state index is 0.0841. The number of hydrogen-bond donors (Lipinski definition) is 1. The lowest BCUT2D eigenvalue weighted by Crippen LogP contribution is -2.36. The monoisotopic (exact) mass is 438 g/mol. The number of anilines is 1. The van der Waals surface area contributed by atoms with Gasteiger partial charge in [0, 0.05) is 18.0 Å². The summed E-state index contributed by atoms with van der Waals surface area (Å²) in [5.74, 6) is 3.46. The molecule has 1 atom stereocenters. The molecule has 7 nitrogen and oxygen atoms in total. The zero-order valence-corrected chi connectivity index (χ0v) is 18.5. The van der Waals surface area contributed by atoms with Crippen LogP contribution < -0.4 is 14.8 Å². The molecule has 6 rings (SSSR count). The number of fused-ring (bicyclic) bond motifs is 4. The third-order valence-electron chi connectivity index (χ3n) is 6.33. The number of morpholine rings is 1. The minimum Gasteiger partial charge on any atom is -0.454 e. The van der Waals surface area contributed by atoms with Crippen LogP contribution in [-0.4, -0.2) is 48.0 Å². The van der Waals surface area contributed by atoms with E-state index in [0.717, 1.165) is 79.2 Å². The molecule has 8 heteroatoms. The molecule has 0 saturated carbocycles. The van der Waals surface area contributed by atoms with Crippen molar-refractivity contribution in [2.24, 2.45) is 0 Å². The van der Waals surface area contributed by atoms with E-state index in [2.05, 4.69) is 29.3 Å². The summed E-state index contributed by atoms with van der Waals surface area (Å²) in [6, 6.07) is 6.22. The molecular formula is C23H26N4O3S. The van der Waals surface area contributed by atoms with Crippen molar-refractivity contribution in [3.8, 4) is 11.5 Å². The van der Waals surface area contributed by atoms with Gasteiger partial charge in [0.2, 0.25) is 6.79 Å². The lowest BCUT2D eigenvalue weighted by molar-refractivity contribution is 0.0331. The number of nitrogens with one attached hydrogen (secondary N) is 1. The van der Waals surface area contributed by atoms with Gasteiger partial charge in [0.1, 0.15) is 16.5 Å². The van der Waals surface area contributed by atoms with Gasteiger partial charge in [-0.3, -0.25) is 4.90 Å². The molecule has 1 fully saturated rings. The number of nitrogens with zero attached hydrogens (tertiary/aromatic N) is 3. The van der Waals surface area contributed by atoms with Crippen molar-refractivity contribution in [1.82, 2.24) is 14.9 Å². The van der Waals surface area contributed by atoms with Crippen LogP contribution >= 0.6 is 11.3 Å². The number of aryl methyl sites for hydroxylation is 2. The Labute approximate surface area is 185 Å². The fraction of sp³-hybridized carbons (Fsp3) is 0.478. The Morgan fingerprint density at radius 2 is 2.00 bits per heavy atom. The van der Waals surface area contributed by atoms with Crippen molar-refractivity contribution in [2.45, 2.75) is 38.8 Å². The van der Waals surface area contributed by atoms with Crippen LogP contribution in [0.1, 0.15) is 41.2 Å². The predicted octanol–water partition coefficient (Wildman–Crippen LogP) is 3.91. The van der Waals surface area contributed by atoms with Crippen LogP contribution in [0, 0.1) is 0 Å². The Bertz CT molecular complexity index is 1130. The molecule has 2 aromatic heterocycles. The molecule has 3 aliphatic rings. The summed E-state index contributed by atoms with van der Waals surface area (Å²) in [5, 5.41) is 4.92. The average Bonchev–Trinajstić information content (AvgIpc) is 3.49. The molecule has 4 heterocycles. The largest absolute Gasteiger partial charge is 0.454 e. The van der Waals surface area contributed by atoms with Gasteiger partial charge in [-0.25, -0.2) is 9.97 Å². The highest BCUT2D eigenvalue weighted by Crippen LogP contribution is 2.41. The highest BCUT2D eigenvalue weighted by Gasteiger charge is 2.24. The summed E-state index contributed by atoms with van der Waals surface area (Å²) in [5.41, 5.74) is 2.59. The van der Waals surface area contributed by atoms with Gasteiger partial charge in [-0.15, -0.1) is 11.3 Å². The summed E-state index contributed by atoms with van der Waals surface area (Å²) in [6.07, 6.45) is 3.50. The molecule has 3 aromatic rings. The number of hydrogen-bond acceptors (Lipinski definition) is 8. The number of aromatic nitrogens is 2. The summed E-state index contributed by atoms with van der Waals surface area (Å²) in [6.45, 7) is 6.63. The number of rotatable bonds is 5. The van der Waals surface area contributed by atoms with Crippen molar-refractivity contribution < 1.29 is 14.2 Å². The van der Waals surface area contributed by atoms with E-state index in [9.17, 15) is 0 Å². The lowest BCUT2D eigenvalue weighted by Gasteiger charge is -2.26. The molecule has 1 aromatic carbocycles. The highest BCUT2D eigenvalue weighted by molar-refractivity contribution is 7.19. The first kappa shape index (κ1) is 19.3. The smallest absolute Gasteiger partial charge is 0.231 e. The Hall–Kier alpha value is -2.42. The summed E-state index contributed by atoms with van der Waals surface area (Å²) in [7, 11) is 0. The average molecular weight is 439 g/mol. The zero-order valence-electron chi connectivity index (χ0n) is 17.6. The molecule has 0 spiro atoms. The van der Waals surface area contributed by atoms with Gasteiger partial charge in [0.25, 0.3) is 0 Å². The van der Waals surface area contributed by atoms with E-state index >= 15 is 0 Å². The fourth-order valence-corrected chi connectivity index (χ4v) is 5.93. The second-order valence-corrected chi connectivity index (χ2v) is 9.48. The maximum atomic E-state index is 5.57. The number of thiophene rings is 1. The van der Waals surface area contributed by atoms with E-state index in [0.29, 0.717) is 6.79 Å². The quantitative estimate of drug-likeness (QED) is 0.648. The van der Waals surface area contributed by atoms with E-state index in [1.54, 1.807) is 0 Å². The third kappa shape index (κ3) is 3.62. The van der Waals surface area contributed by atoms with Gasteiger partial charge in [-0.1, -0.05) is 6.07 Å². The summed E-state index contributed by atoms with van der Waals surface area (Å²) >= 11 is 1.85. The van der Waals surface area contributed by atoms with Crippen LogP contribution in [0.3, 0.4) is 0 Å². The first-order valence-corrected chi connectivity index (χ1v) is 11.8. The van der Waals surface area contributed by atoms with Gasteiger partial charge < -0.3 is 19.5 Å². The van der Waals surface area contributed by atoms with E-state index in [4.69, 9.17) is 24.2 Å². The van der Waals surface area contributed by atoms with Crippen molar-refractivity contribution in [3.63, 3.8) is 0 Å². The van der Waals surface area contributed by atoms with E-state index < -0.39 is 0 Å². The summed E-state index contributed by atoms with van der Waals surface area (Å²) < 4.78 is 16.5. The van der Waals surface area contributed by atoms with Gasteiger partial charge in [0.05, 0.1) is 31.2 Å². The predicted molar refractivity (Wildman–Crippen MR) is 120 cm³/mol. The van der Waals surface area contributed by atoms with Crippen LogP contribution in [0.25, 0.3) is 10.2 Å². The number of benzene rings is 1. The molecule has 31 heavy (non-hydrogen) atoms. The molecule has 2 aliphatic heterocycles. The number of ether oxygens (including phenoxy) is 3. The topological polar surface area (TPSA) is 68.7 Å². The molecule has 1 aliphatic carbocycles. The second kappa shape index (κ2) is 7.93. The van der Waals surface area contributed by atoms with Crippen LogP contribution in [0.5, 0.6) is 11.5 Å². The van der Waals surface area contributed by atoms with Gasteiger partial charge in [0.15, 0.2) is 11.5 Å². The normalized spacial score (nSPS) is 19.0. The molecule has 0 radical (unpaired) electrons. The first-order valence-electron chi connectivity index (χ1n) is 11.0. The Morgan fingerprint density at radius 1 is 1.13 bits per heavy atom. The second-order valence-electron chi connectivity index (χ2n) is 8.39. The van der Waals surface area contributed by atoms with Crippen LogP contribution in [-0.2, 0) is 24.1 Å². The minimum absolute atomic E-state index is 0.0841. The maximum absolute atomic E-state index is 5.57. The summed E-state index contributed by atoms with van der Waals surface area (Å²) in [4.78, 5) is 15.0. The van der Waals surface area contributed by atoms with Crippen LogP contribution in [0.2, 0.25) is 0 Å². The Kier molecular flexibility index (Phi) is 4.93. The Balaban J connectivity index is 1.34. The zero-order chi connectivity index (χ0) is 20.8. The van der Waals surface area contributed by atoms with Crippen LogP contribution in [0.15, 0.2) is 18.2 Å². The van der Waals surface area contributed by atoms with Gasteiger partial charge in [-0.05, 0) is 49.4 Å². The van der Waals surface area contributed by atoms with Gasteiger partial charge >= 0.3 is 0 Å². The standard InChI is InChI=1S/C23H26N4O3S/c1-14(15-5-6-17-18(11-15)30-13-29-17)24-22-21-16-3-2-4-19(16)31-23(21)26-20(25-22)12-27-7-9-28-10-8-27/h5-6,11,14H,2-4,7-10,12-13H2,1H3,(H,24,25,26)/t14-/m1/s1. The van der Waals surface area contributed by atoms with E-state index in [-0.39, 0.29) is 6.04 Å². The molecule has 0 bridgehead atoms. The first-order chi connectivity index (χ1) is 15.2. The van der Waals surface area contributed by atoms with Crippen molar-refractivity contribution >= 4 is 27.4 Å². The molecular weight excluding hydrogens is 412 g/mol.